The highest BCUT2D eigenvalue weighted by Crippen LogP contribution is 2.57. The van der Waals surface area contributed by atoms with E-state index in [1.807, 2.05) is 0 Å². The van der Waals surface area contributed by atoms with Gasteiger partial charge in [0.05, 0.1) is 0 Å². The number of nitrogens with two attached hydrogens (primary N) is 2. The van der Waals surface area contributed by atoms with E-state index in [9.17, 15) is 26.3 Å². The molecule has 4 aromatic rings. The molecular formula is C28H22F6N2S2. The van der Waals surface area contributed by atoms with Gasteiger partial charge in [-0.3, -0.25) is 0 Å². The molecule has 0 bridgehead atoms. The Bertz CT molecular complexity index is 1380. The van der Waals surface area contributed by atoms with Gasteiger partial charge in [-0.1, -0.05) is 41.7 Å². The van der Waals surface area contributed by atoms with E-state index in [1.165, 1.54) is 54.7 Å². The quantitative estimate of drug-likeness (QED) is 0.181. The molecule has 4 N–H and O–H groups in total. The second-order valence-corrected chi connectivity index (χ2v) is 10.9. The summed E-state index contributed by atoms with van der Waals surface area (Å²) in [5.74, 6) is 0. The summed E-state index contributed by atoms with van der Waals surface area (Å²) >= 11 is 2.42. The molecule has 4 rings (SSSR count). The smallest absolute Gasteiger partial charge is 0.399 e. The van der Waals surface area contributed by atoms with Crippen molar-refractivity contribution >= 4 is 34.9 Å². The fourth-order valence-corrected chi connectivity index (χ4v) is 5.92. The highest BCUT2D eigenvalue weighted by molar-refractivity contribution is 7.99. The summed E-state index contributed by atoms with van der Waals surface area (Å²) in [6.45, 7) is 1.26. The lowest BCUT2D eigenvalue weighted by Gasteiger charge is -2.39. The number of hydrogen-bond acceptors (Lipinski definition) is 4. The summed E-state index contributed by atoms with van der Waals surface area (Å²) in [5, 5.41) is 0. The minimum absolute atomic E-state index is 0.125. The monoisotopic (exact) mass is 564 g/mol. The molecule has 38 heavy (non-hydrogen) atoms. The molecule has 0 spiro atoms. The standard InChI is InChI=1S/C28H22F6N2S2/c1-17-16-24(38-23-12-6-20(36)7-13-23)14-15-25(17)26(27(29,30)31,28(32,33)34)18-2-8-21(9-3-18)37-22-10-4-19(35)5-11-22/h2-16H,35-36H2,1H3. The SMILES string of the molecule is Cc1cc(Sc2ccc(N)cc2)ccc1C(c1ccc(Sc2ccc(N)cc2)cc1)(C(F)(F)F)C(F)(F)F. The first-order valence-electron chi connectivity index (χ1n) is 11.2. The van der Waals surface area contributed by atoms with Crippen LogP contribution in [-0.2, 0) is 5.41 Å². The first kappa shape index (κ1) is 27.8. The summed E-state index contributed by atoms with van der Waals surface area (Å²) in [5.41, 5.74) is 6.32. The van der Waals surface area contributed by atoms with Gasteiger partial charge in [-0.25, -0.2) is 0 Å². The molecule has 2 nitrogen and oxygen atoms in total. The van der Waals surface area contributed by atoms with Crippen molar-refractivity contribution in [3.63, 3.8) is 0 Å². The molecule has 0 fully saturated rings. The number of aryl methyl sites for hydroxylation is 1. The van der Waals surface area contributed by atoms with Crippen LogP contribution in [0.3, 0.4) is 0 Å². The Morgan fingerprint density at radius 3 is 1.29 bits per heavy atom. The lowest BCUT2D eigenvalue weighted by Crippen LogP contribution is -2.55. The Morgan fingerprint density at radius 2 is 0.895 bits per heavy atom. The van der Waals surface area contributed by atoms with Crippen molar-refractivity contribution in [2.24, 2.45) is 0 Å². The summed E-state index contributed by atoms with van der Waals surface area (Å²) in [7, 11) is 0. The zero-order chi connectivity index (χ0) is 27.7. The van der Waals surface area contributed by atoms with Crippen molar-refractivity contribution in [2.45, 2.75) is 44.3 Å². The molecule has 0 heterocycles. The largest absolute Gasteiger partial charge is 0.411 e. The third-order valence-corrected chi connectivity index (χ3v) is 7.98. The van der Waals surface area contributed by atoms with Crippen LogP contribution in [0.5, 0.6) is 0 Å². The molecule has 0 saturated heterocycles. The molecule has 0 atom stereocenters. The van der Waals surface area contributed by atoms with Crippen LogP contribution in [0, 0.1) is 6.92 Å². The van der Waals surface area contributed by atoms with Crippen LogP contribution in [0.1, 0.15) is 16.7 Å². The molecule has 0 amide bonds. The molecule has 4 aromatic carbocycles. The molecule has 0 aliphatic rings. The topological polar surface area (TPSA) is 52.0 Å². The minimum Gasteiger partial charge on any atom is -0.399 e. The van der Waals surface area contributed by atoms with Crippen LogP contribution in [-0.4, -0.2) is 12.4 Å². The highest BCUT2D eigenvalue weighted by Gasteiger charge is 2.72. The Kier molecular flexibility index (Phi) is 7.67. The molecule has 0 aromatic heterocycles. The maximum atomic E-state index is 14.6. The molecule has 10 heteroatoms. The van der Waals surface area contributed by atoms with E-state index in [0.717, 1.165) is 28.0 Å². The molecule has 0 saturated carbocycles. The number of halogens is 6. The lowest BCUT2D eigenvalue weighted by atomic mass is 9.71. The predicted octanol–water partition coefficient (Wildman–Crippen LogP) is 8.87. The number of alkyl halides is 6. The van der Waals surface area contributed by atoms with E-state index in [4.69, 9.17) is 11.5 Å². The van der Waals surface area contributed by atoms with Crippen molar-refractivity contribution < 1.29 is 26.3 Å². The highest BCUT2D eigenvalue weighted by atomic mass is 32.2. The lowest BCUT2D eigenvalue weighted by molar-refractivity contribution is -0.288. The third kappa shape index (κ3) is 5.47. The van der Waals surface area contributed by atoms with E-state index in [1.54, 1.807) is 48.5 Å². The number of benzene rings is 4. The van der Waals surface area contributed by atoms with Crippen molar-refractivity contribution in [3.8, 4) is 0 Å². The average Bonchev–Trinajstić information content (AvgIpc) is 2.83. The Balaban J connectivity index is 1.76. The van der Waals surface area contributed by atoms with Crippen LogP contribution in [0.4, 0.5) is 37.7 Å². The van der Waals surface area contributed by atoms with Gasteiger partial charge in [0.25, 0.3) is 0 Å². The molecule has 0 aliphatic heterocycles. The molecule has 0 unspecified atom stereocenters. The van der Waals surface area contributed by atoms with Gasteiger partial charge in [-0.2, -0.15) is 26.3 Å². The van der Waals surface area contributed by atoms with Crippen molar-refractivity contribution in [1.29, 1.82) is 0 Å². The summed E-state index contributed by atoms with van der Waals surface area (Å²) in [6, 6.07) is 21.4. The summed E-state index contributed by atoms with van der Waals surface area (Å²) in [6.07, 6.45) is -11.3. The third-order valence-electron chi connectivity index (χ3n) is 5.97. The van der Waals surface area contributed by atoms with Gasteiger partial charge in [0, 0.05) is 31.0 Å². The average molecular weight is 565 g/mol. The van der Waals surface area contributed by atoms with Crippen molar-refractivity contribution in [1.82, 2.24) is 0 Å². The van der Waals surface area contributed by atoms with Crippen LogP contribution in [0.25, 0.3) is 0 Å². The number of nitrogen functional groups attached to an aromatic ring is 2. The van der Waals surface area contributed by atoms with Gasteiger partial charge >= 0.3 is 12.4 Å². The van der Waals surface area contributed by atoms with Crippen LogP contribution >= 0.6 is 23.5 Å². The zero-order valence-electron chi connectivity index (χ0n) is 19.9. The summed E-state index contributed by atoms with van der Waals surface area (Å²) in [4.78, 5) is 2.49. The van der Waals surface area contributed by atoms with Crippen LogP contribution < -0.4 is 11.5 Å². The van der Waals surface area contributed by atoms with E-state index in [2.05, 4.69) is 0 Å². The molecule has 0 radical (unpaired) electrons. The van der Waals surface area contributed by atoms with E-state index in [0.29, 0.717) is 21.2 Å². The Morgan fingerprint density at radius 1 is 0.526 bits per heavy atom. The van der Waals surface area contributed by atoms with Gasteiger partial charge < -0.3 is 11.5 Å². The maximum absolute atomic E-state index is 14.6. The minimum atomic E-state index is -5.66. The van der Waals surface area contributed by atoms with Gasteiger partial charge in [-0.05, 0) is 96.4 Å². The van der Waals surface area contributed by atoms with E-state index in [-0.39, 0.29) is 5.56 Å². The van der Waals surface area contributed by atoms with Gasteiger partial charge in [-0.15, -0.1) is 0 Å². The fraction of sp³-hybridized carbons (Fsp3) is 0.143. The van der Waals surface area contributed by atoms with E-state index >= 15 is 0 Å². The number of rotatable bonds is 6. The Hall–Kier alpha value is -3.24. The number of hydrogen-bond donors (Lipinski definition) is 2. The van der Waals surface area contributed by atoms with Crippen LogP contribution in [0.2, 0.25) is 0 Å². The van der Waals surface area contributed by atoms with Gasteiger partial charge in [0.2, 0.25) is 5.41 Å². The fourth-order valence-electron chi connectivity index (χ4n) is 4.19. The van der Waals surface area contributed by atoms with Crippen molar-refractivity contribution in [2.75, 3.05) is 11.5 Å². The van der Waals surface area contributed by atoms with Gasteiger partial charge in [0.1, 0.15) is 0 Å². The zero-order valence-corrected chi connectivity index (χ0v) is 21.5. The predicted molar refractivity (Wildman–Crippen MR) is 140 cm³/mol. The van der Waals surface area contributed by atoms with Crippen molar-refractivity contribution in [3.05, 3.63) is 108 Å². The first-order valence-corrected chi connectivity index (χ1v) is 12.9. The number of anilines is 2. The molecule has 198 valence electrons. The molecular weight excluding hydrogens is 542 g/mol. The second-order valence-electron chi connectivity index (χ2n) is 8.59. The Labute approximate surface area is 224 Å². The van der Waals surface area contributed by atoms with E-state index < -0.39 is 28.9 Å². The first-order chi connectivity index (χ1) is 17.8. The molecule has 0 aliphatic carbocycles. The maximum Gasteiger partial charge on any atom is 0.411 e. The second kappa shape index (κ2) is 10.5. The van der Waals surface area contributed by atoms with Gasteiger partial charge in [0.15, 0.2) is 0 Å². The summed E-state index contributed by atoms with van der Waals surface area (Å²) < 4.78 is 87.8. The normalized spacial score (nSPS) is 12.5. The van der Waals surface area contributed by atoms with Crippen LogP contribution in [0.15, 0.2) is 111 Å².